The maximum absolute atomic E-state index is 13.0. The topological polar surface area (TPSA) is 23.6 Å². The Labute approximate surface area is 131 Å². The van der Waals surface area contributed by atoms with Crippen LogP contribution in [0.15, 0.2) is 86.0 Å². The van der Waals surface area contributed by atoms with E-state index in [-0.39, 0.29) is 6.03 Å². The van der Waals surface area contributed by atoms with E-state index in [1.54, 1.807) is 22.0 Å². The molecule has 0 aliphatic heterocycles. The van der Waals surface area contributed by atoms with Gasteiger partial charge in [-0.05, 0) is 24.3 Å². The first kappa shape index (κ1) is 15.6. The van der Waals surface area contributed by atoms with E-state index in [1.165, 1.54) is 0 Å². The molecule has 0 bridgehead atoms. The summed E-state index contributed by atoms with van der Waals surface area (Å²) < 4.78 is 0. The molecule has 0 N–H and O–H groups in total. The second-order valence-corrected chi connectivity index (χ2v) is 4.77. The van der Waals surface area contributed by atoms with Crippen molar-refractivity contribution in [2.24, 2.45) is 0 Å². The minimum absolute atomic E-state index is 0.0998. The number of para-hydroxylation sites is 2. The number of benzene rings is 2. The summed E-state index contributed by atoms with van der Waals surface area (Å²) in [5, 5.41) is 0. The van der Waals surface area contributed by atoms with Gasteiger partial charge in [0.2, 0.25) is 0 Å². The zero-order valence-electron chi connectivity index (χ0n) is 12.6. The Morgan fingerprint density at radius 3 is 1.59 bits per heavy atom. The third-order valence-corrected chi connectivity index (χ3v) is 3.19. The zero-order valence-corrected chi connectivity index (χ0v) is 12.6. The summed E-state index contributed by atoms with van der Waals surface area (Å²) in [7, 11) is 0. The minimum Gasteiger partial charge on any atom is -0.317 e. The Kier molecular flexibility index (Phi) is 5.55. The number of hydrogen-bond acceptors (Lipinski definition) is 1. The van der Waals surface area contributed by atoms with Crippen LogP contribution in [0.3, 0.4) is 0 Å². The number of carbonyl (C=O) groups is 1. The van der Waals surface area contributed by atoms with Crippen LogP contribution in [-0.2, 0) is 0 Å². The van der Waals surface area contributed by atoms with Crippen molar-refractivity contribution in [3.8, 4) is 0 Å². The van der Waals surface area contributed by atoms with Crippen LogP contribution >= 0.6 is 0 Å². The van der Waals surface area contributed by atoms with E-state index in [0.717, 1.165) is 11.4 Å². The maximum Gasteiger partial charge on any atom is 0.329 e. The molecule has 0 aliphatic carbocycles. The van der Waals surface area contributed by atoms with Gasteiger partial charge in [0.25, 0.3) is 0 Å². The highest BCUT2D eigenvalue weighted by Crippen LogP contribution is 2.26. The first-order valence-corrected chi connectivity index (χ1v) is 7.19. The number of hydrogen-bond donors (Lipinski definition) is 0. The summed E-state index contributed by atoms with van der Waals surface area (Å²) in [5.74, 6) is 0. The normalized spacial score (nSPS) is 9.82. The summed E-state index contributed by atoms with van der Waals surface area (Å²) in [5.41, 5.74) is 1.66. The van der Waals surface area contributed by atoms with E-state index >= 15 is 0 Å². The molecule has 22 heavy (non-hydrogen) atoms. The summed E-state index contributed by atoms with van der Waals surface area (Å²) in [6.07, 6.45) is 3.44. The lowest BCUT2D eigenvalue weighted by Crippen LogP contribution is -2.41. The Hall–Kier alpha value is -2.81. The van der Waals surface area contributed by atoms with Crippen molar-refractivity contribution in [1.82, 2.24) is 4.90 Å². The Balaban J connectivity index is 2.42. The van der Waals surface area contributed by atoms with Crippen molar-refractivity contribution >= 4 is 17.4 Å². The molecule has 0 fully saturated rings. The quantitative estimate of drug-likeness (QED) is 0.713. The predicted molar refractivity (Wildman–Crippen MR) is 92.4 cm³/mol. The van der Waals surface area contributed by atoms with Gasteiger partial charge in [-0.2, -0.15) is 0 Å². The summed E-state index contributed by atoms with van der Waals surface area (Å²) in [6.45, 7) is 8.39. The van der Waals surface area contributed by atoms with E-state index in [9.17, 15) is 4.79 Å². The van der Waals surface area contributed by atoms with Crippen LogP contribution in [0.5, 0.6) is 0 Å². The molecule has 0 unspecified atom stereocenters. The lowest BCUT2D eigenvalue weighted by Gasteiger charge is -2.29. The van der Waals surface area contributed by atoms with Gasteiger partial charge in [0.1, 0.15) is 0 Å². The number of amides is 2. The number of carbonyl (C=O) groups excluding carboxylic acids is 1. The van der Waals surface area contributed by atoms with Crippen LogP contribution in [0.25, 0.3) is 0 Å². The molecule has 3 nitrogen and oxygen atoms in total. The van der Waals surface area contributed by atoms with Crippen LogP contribution in [0.4, 0.5) is 16.2 Å². The molecule has 0 saturated heterocycles. The number of urea groups is 1. The fourth-order valence-electron chi connectivity index (χ4n) is 2.21. The van der Waals surface area contributed by atoms with Gasteiger partial charge in [-0.25, -0.2) is 4.79 Å². The van der Waals surface area contributed by atoms with Crippen LogP contribution < -0.4 is 4.90 Å². The molecular formula is C19H20N2O. The van der Waals surface area contributed by atoms with Gasteiger partial charge in [-0.15, -0.1) is 13.2 Å². The van der Waals surface area contributed by atoms with Gasteiger partial charge < -0.3 is 4.90 Å². The van der Waals surface area contributed by atoms with E-state index < -0.39 is 0 Å². The predicted octanol–water partition coefficient (Wildman–Crippen LogP) is 4.62. The van der Waals surface area contributed by atoms with Crippen molar-refractivity contribution in [1.29, 1.82) is 0 Å². The molecule has 0 spiro atoms. The third-order valence-electron chi connectivity index (χ3n) is 3.19. The summed E-state index contributed by atoms with van der Waals surface area (Å²) in [6, 6.07) is 19.1. The van der Waals surface area contributed by atoms with E-state index in [4.69, 9.17) is 0 Å². The largest absolute Gasteiger partial charge is 0.329 e. The molecule has 0 aromatic heterocycles. The Morgan fingerprint density at radius 2 is 1.23 bits per heavy atom. The monoisotopic (exact) mass is 292 g/mol. The van der Waals surface area contributed by atoms with Crippen molar-refractivity contribution in [2.75, 3.05) is 18.0 Å². The number of rotatable bonds is 6. The van der Waals surface area contributed by atoms with E-state index in [1.807, 2.05) is 60.7 Å². The third kappa shape index (κ3) is 3.64. The number of anilines is 2. The lowest BCUT2D eigenvalue weighted by atomic mass is 10.2. The average Bonchev–Trinajstić information content (AvgIpc) is 2.57. The molecule has 0 radical (unpaired) electrons. The standard InChI is InChI=1S/C19H20N2O/c1-3-15-20(16-4-2)19(22)21(17-11-7-5-8-12-17)18-13-9-6-10-14-18/h3-14H,1-2,15-16H2. The molecule has 3 heteroatoms. The molecule has 2 aromatic rings. The van der Waals surface area contributed by atoms with E-state index in [0.29, 0.717) is 13.1 Å². The smallest absolute Gasteiger partial charge is 0.317 e. The van der Waals surface area contributed by atoms with Crippen molar-refractivity contribution < 1.29 is 4.79 Å². The summed E-state index contributed by atoms with van der Waals surface area (Å²) >= 11 is 0. The van der Waals surface area contributed by atoms with Crippen LogP contribution in [-0.4, -0.2) is 24.0 Å². The van der Waals surface area contributed by atoms with Gasteiger partial charge in [-0.3, -0.25) is 4.90 Å². The van der Waals surface area contributed by atoms with Gasteiger partial charge >= 0.3 is 6.03 Å². The summed E-state index contributed by atoms with van der Waals surface area (Å²) in [4.78, 5) is 16.4. The fourth-order valence-corrected chi connectivity index (χ4v) is 2.21. The van der Waals surface area contributed by atoms with E-state index in [2.05, 4.69) is 13.2 Å². The second kappa shape index (κ2) is 7.84. The SMILES string of the molecule is C=CCN(CC=C)C(=O)N(c1ccccc1)c1ccccc1. The zero-order chi connectivity index (χ0) is 15.8. The molecule has 0 atom stereocenters. The molecule has 2 amide bonds. The van der Waals surface area contributed by atoms with Crippen LogP contribution in [0.2, 0.25) is 0 Å². The van der Waals surface area contributed by atoms with Crippen LogP contribution in [0, 0.1) is 0 Å². The highest BCUT2D eigenvalue weighted by Gasteiger charge is 2.22. The Morgan fingerprint density at radius 1 is 0.818 bits per heavy atom. The molecule has 0 heterocycles. The van der Waals surface area contributed by atoms with Crippen molar-refractivity contribution in [3.05, 3.63) is 86.0 Å². The van der Waals surface area contributed by atoms with Gasteiger partial charge in [0, 0.05) is 13.1 Å². The first-order chi connectivity index (χ1) is 10.8. The van der Waals surface area contributed by atoms with Crippen LogP contribution in [0.1, 0.15) is 0 Å². The van der Waals surface area contributed by atoms with Crippen molar-refractivity contribution in [3.63, 3.8) is 0 Å². The molecule has 2 rings (SSSR count). The highest BCUT2D eigenvalue weighted by molar-refractivity contribution is 5.99. The Bertz CT molecular complexity index is 573. The molecule has 0 aliphatic rings. The molecule has 0 saturated carbocycles. The van der Waals surface area contributed by atoms with Gasteiger partial charge in [0.15, 0.2) is 0 Å². The molecule has 2 aromatic carbocycles. The van der Waals surface area contributed by atoms with Gasteiger partial charge in [-0.1, -0.05) is 48.6 Å². The maximum atomic E-state index is 13.0. The first-order valence-electron chi connectivity index (χ1n) is 7.19. The average molecular weight is 292 g/mol. The molecule has 112 valence electrons. The highest BCUT2D eigenvalue weighted by atomic mass is 16.2. The second-order valence-electron chi connectivity index (χ2n) is 4.77. The molecular weight excluding hydrogens is 272 g/mol. The number of nitrogens with zero attached hydrogens (tertiary/aromatic N) is 2. The van der Waals surface area contributed by atoms with Crippen molar-refractivity contribution in [2.45, 2.75) is 0 Å². The minimum atomic E-state index is -0.0998. The lowest BCUT2D eigenvalue weighted by molar-refractivity contribution is 0.217. The van der Waals surface area contributed by atoms with Gasteiger partial charge in [0.05, 0.1) is 11.4 Å². The fraction of sp³-hybridized carbons (Fsp3) is 0.105.